The number of likely N-dealkylation sites (N-methyl/N-ethyl adjacent to an activating group) is 2. The Hall–Kier alpha value is -1.40. The second-order valence-corrected chi connectivity index (χ2v) is 7.39. The number of carbonyl (C=O) groups excluding carboxylic acids is 2. The van der Waals surface area contributed by atoms with Crippen LogP contribution in [-0.2, 0) is 9.59 Å². The molecule has 2 heterocycles. The average Bonchev–Trinajstić information content (AvgIpc) is 3.31. The predicted octanol–water partition coefficient (Wildman–Crippen LogP) is -2.72. The average molecular weight is 336 g/mol. The first kappa shape index (κ1) is 17.4. The number of rotatable bonds is 4. The lowest BCUT2D eigenvalue weighted by Crippen LogP contribution is -3.14. The Balaban J connectivity index is 1.53. The van der Waals surface area contributed by atoms with Gasteiger partial charge in [0, 0.05) is 0 Å². The normalized spacial score (nSPS) is 29.0. The zero-order valence-corrected chi connectivity index (χ0v) is 15.1. The van der Waals surface area contributed by atoms with Gasteiger partial charge in [0.1, 0.15) is 0 Å². The lowest BCUT2D eigenvalue weighted by molar-refractivity contribution is -0.902. The van der Waals surface area contributed by atoms with E-state index in [2.05, 4.69) is 20.4 Å². The van der Waals surface area contributed by atoms with Crippen LogP contribution in [0.1, 0.15) is 13.8 Å². The molecule has 0 bridgehead atoms. The Labute approximate surface area is 145 Å². The van der Waals surface area contributed by atoms with Gasteiger partial charge in [-0.15, -0.1) is 0 Å². The highest BCUT2D eigenvalue weighted by atomic mass is 16.2. The molecule has 2 aliphatic heterocycles. The number of quaternary nitrogens is 2. The molecule has 0 aromatic carbocycles. The van der Waals surface area contributed by atoms with E-state index in [1.165, 1.54) is 0 Å². The standard InChI is InChI=1S/C18H30N4O2/c1-4-19-6-10-21(11-7-19)17(23)15-14(3)16(15)18(24)22-12-8-20(5-2)9-13-22/h15-16H,3-13H2,1-2H3/p+2/t15-,16-/m0/s1. The van der Waals surface area contributed by atoms with Crippen molar-refractivity contribution >= 4 is 11.8 Å². The van der Waals surface area contributed by atoms with E-state index in [0.717, 1.165) is 71.0 Å². The van der Waals surface area contributed by atoms with Gasteiger partial charge < -0.3 is 19.6 Å². The van der Waals surface area contributed by atoms with Gasteiger partial charge in [-0.1, -0.05) is 12.2 Å². The Morgan fingerprint density at radius 2 is 1.21 bits per heavy atom. The molecule has 3 rings (SSSR count). The summed E-state index contributed by atoms with van der Waals surface area (Å²) in [7, 11) is 0. The third-order valence-electron chi connectivity index (χ3n) is 6.12. The van der Waals surface area contributed by atoms with E-state index < -0.39 is 0 Å². The second kappa shape index (κ2) is 7.23. The van der Waals surface area contributed by atoms with Gasteiger partial charge in [-0.05, 0) is 13.8 Å². The molecule has 0 radical (unpaired) electrons. The molecular weight excluding hydrogens is 304 g/mol. The Kier molecular flexibility index (Phi) is 5.25. The maximum Gasteiger partial charge on any atom is 0.231 e. The minimum absolute atomic E-state index is 0.131. The fourth-order valence-corrected chi connectivity index (χ4v) is 4.10. The van der Waals surface area contributed by atoms with E-state index in [-0.39, 0.29) is 23.7 Å². The molecular formula is C18H32N4O2+2. The van der Waals surface area contributed by atoms with E-state index in [0.29, 0.717) is 0 Å². The third kappa shape index (κ3) is 3.35. The lowest BCUT2D eigenvalue weighted by Gasteiger charge is -2.32. The van der Waals surface area contributed by atoms with Crippen LogP contribution >= 0.6 is 0 Å². The summed E-state index contributed by atoms with van der Waals surface area (Å²) in [4.78, 5) is 32.5. The Morgan fingerprint density at radius 1 is 0.875 bits per heavy atom. The molecule has 6 heteroatoms. The highest BCUT2D eigenvalue weighted by molar-refractivity contribution is 5.99. The molecule has 0 aromatic rings. The number of nitrogens with one attached hydrogen (secondary N) is 2. The third-order valence-corrected chi connectivity index (χ3v) is 6.12. The van der Waals surface area contributed by atoms with Crippen LogP contribution in [0.25, 0.3) is 0 Å². The molecule has 3 fully saturated rings. The predicted molar refractivity (Wildman–Crippen MR) is 91.8 cm³/mol. The summed E-state index contributed by atoms with van der Waals surface area (Å²) in [6.07, 6.45) is 0. The first-order valence-corrected chi connectivity index (χ1v) is 9.50. The van der Waals surface area contributed by atoms with Gasteiger partial charge in [0.2, 0.25) is 11.8 Å². The van der Waals surface area contributed by atoms with Gasteiger partial charge in [0.25, 0.3) is 0 Å². The number of amides is 2. The van der Waals surface area contributed by atoms with Crippen molar-refractivity contribution in [3.8, 4) is 0 Å². The topological polar surface area (TPSA) is 49.5 Å². The summed E-state index contributed by atoms with van der Waals surface area (Å²) in [6, 6.07) is 0. The van der Waals surface area contributed by atoms with Gasteiger partial charge in [-0.25, -0.2) is 0 Å². The van der Waals surface area contributed by atoms with Crippen molar-refractivity contribution in [3.63, 3.8) is 0 Å². The maximum atomic E-state index is 12.7. The van der Waals surface area contributed by atoms with Gasteiger partial charge in [-0.2, -0.15) is 0 Å². The SMILES string of the molecule is C=C1[C@H](C(=O)N2CC[NH+](CC)CC2)[C@H]1C(=O)N1CC[NH+](CC)CC1. The monoisotopic (exact) mass is 336 g/mol. The minimum atomic E-state index is -0.253. The molecule has 2 N–H and O–H groups in total. The highest BCUT2D eigenvalue weighted by Crippen LogP contribution is 2.46. The molecule has 1 saturated carbocycles. The summed E-state index contributed by atoms with van der Waals surface area (Å²) < 4.78 is 0. The summed E-state index contributed by atoms with van der Waals surface area (Å²) in [6.45, 7) is 17.9. The molecule has 0 spiro atoms. The minimum Gasteiger partial charge on any atom is -0.332 e. The number of piperazine rings is 2. The van der Waals surface area contributed by atoms with Crippen molar-refractivity contribution in [3.05, 3.63) is 12.2 Å². The van der Waals surface area contributed by atoms with Crippen molar-refractivity contribution in [2.75, 3.05) is 65.4 Å². The number of nitrogens with zero attached hydrogens (tertiary/aromatic N) is 2. The molecule has 0 aromatic heterocycles. The summed E-state index contributed by atoms with van der Waals surface area (Å²) in [5.41, 5.74) is 0.834. The van der Waals surface area contributed by atoms with Crippen LogP contribution in [0.4, 0.5) is 0 Å². The van der Waals surface area contributed by atoms with Crippen LogP contribution in [0.5, 0.6) is 0 Å². The van der Waals surface area contributed by atoms with Crippen molar-refractivity contribution in [2.24, 2.45) is 11.8 Å². The van der Waals surface area contributed by atoms with Gasteiger partial charge in [0.05, 0.1) is 77.3 Å². The molecule has 3 aliphatic rings. The number of hydrogen-bond donors (Lipinski definition) is 2. The molecule has 134 valence electrons. The summed E-state index contributed by atoms with van der Waals surface area (Å²) in [5.74, 6) is -0.243. The molecule has 2 atom stereocenters. The van der Waals surface area contributed by atoms with E-state index in [9.17, 15) is 9.59 Å². The quantitative estimate of drug-likeness (QED) is 0.548. The largest absolute Gasteiger partial charge is 0.332 e. The lowest BCUT2D eigenvalue weighted by atomic mass is 10.2. The maximum absolute atomic E-state index is 12.7. The Morgan fingerprint density at radius 3 is 1.50 bits per heavy atom. The first-order valence-electron chi connectivity index (χ1n) is 9.50. The van der Waals surface area contributed by atoms with Crippen LogP contribution in [-0.4, -0.2) is 87.1 Å². The van der Waals surface area contributed by atoms with Crippen molar-refractivity contribution in [1.29, 1.82) is 0 Å². The Bertz CT molecular complexity index is 461. The van der Waals surface area contributed by atoms with E-state index in [4.69, 9.17) is 0 Å². The van der Waals surface area contributed by atoms with Crippen molar-refractivity contribution < 1.29 is 19.4 Å². The fourth-order valence-electron chi connectivity index (χ4n) is 4.10. The number of carbonyl (C=O) groups is 2. The second-order valence-electron chi connectivity index (χ2n) is 7.39. The molecule has 24 heavy (non-hydrogen) atoms. The smallest absolute Gasteiger partial charge is 0.231 e. The van der Waals surface area contributed by atoms with Crippen LogP contribution in [0, 0.1) is 11.8 Å². The van der Waals surface area contributed by atoms with Gasteiger partial charge >= 0.3 is 0 Å². The summed E-state index contributed by atoms with van der Waals surface area (Å²) >= 11 is 0. The number of hydrogen-bond acceptors (Lipinski definition) is 2. The van der Waals surface area contributed by atoms with Gasteiger partial charge in [0.15, 0.2) is 0 Å². The van der Waals surface area contributed by atoms with E-state index in [1.807, 2.05) is 9.80 Å². The van der Waals surface area contributed by atoms with Crippen LogP contribution in [0.2, 0.25) is 0 Å². The zero-order chi connectivity index (χ0) is 17.3. The first-order chi connectivity index (χ1) is 11.6. The van der Waals surface area contributed by atoms with E-state index >= 15 is 0 Å². The molecule has 6 nitrogen and oxygen atoms in total. The van der Waals surface area contributed by atoms with E-state index in [1.54, 1.807) is 9.80 Å². The fraction of sp³-hybridized carbons (Fsp3) is 0.778. The molecule has 0 unspecified atom stereocenters. The zero-order valence-electron chi connectivity index (χ0n) is 15.1. The molecule has 2 amide bonds. The van der Waals surface area contributed by atoms with Crippen LogP contribution in [0.15, 0.2) is 12.2 Å². The van der Waals surface area contributed by atoms with Crippen LogP contribution in [0.3, 0.4) is 0 Å². The van der Waals surface area contributed by atoms with Crippen molar-refractivity contribution in [1.82, 2.24) is 9.80 Å². The van der Waals surface area contributed by atoms with Crippen LogP contribution < -0.4 is 9.80 Å². The molecule has 2 saturated heterocycles. The van der Waals surface area contributed by atoms with Gasteiger partial charge in [-0.3, -0.25) is 9.59 Å². The molecule has 1 aliphatic carbocycles. The highest BCUT2D eigenvalue weighted by Gasteiger charge is 2.55. The van der Waals surface area contributed by atoms with Crippen molar-refractivity contribution in [2.45, 2.75) is 13.8 Å². The summed E-state index contributed by atoms with van der Waals surface area (Å²) in [5, 5.41) is 0.